The van der Waals surface area contributed by atoms with Crippen LogP contribution in [0.25, 0.3) is 0 Å². The summed E-state index contributed by atoms with van der Waals surface area (Å²) in [5.74, 6) is 0.619. The normalized spacial score (nSPS) is 18.4. The summed E-state index contributed by atoms with van der Waals surface area (Å²) in [6, 6.07) is 0. The second-order valence-corrected chi connectivity index (χ2v) is 8.64. The number of thiazole rings is 1. The average molecular weight is 388 g/mol. The maximum absolute atomic E-state index is 12.6. The molecule has 1 amide bonds. The highest BCUT2D eigenvalue weighted by Crippen LogP contribution is 2.21. The number of carbonyl (C=O) groups excluding carboxylic acids is 1. The van der Waals surface area contributed by atoms with Crippen molar-refractivity contribution in [2.45, 2.75) is 58.5 Å². The highest BCUT2D eigenvalue weighted by Gasteiger charge is 2.23. The quantitative estimate of drug-likeness (QED) is 0.828. The van der Waals surface area contributed by atoms with Crippen LogP contribution in [0, 0.1) is 5.92 Å². The van der Waals surface area contributed by atoms with E-state index in [-0.39, 0.29) is 5.91 Å². The molecule has 4 rings (SSSR count). The van der Waals surface area contributed by atoms with E-state index in [9.17, 15) is 4.79 Å². The van der Waals surface area contributed by atoms with Crippen LogP contribution in [0.1, 0.15) is 59.4 Å². The van der Waals surface area contributed by atoms with Gasteiger partial charge in [0.2, 0.25) is 0 Å². The number of fused-ring (bicyclic) bond motifs is 1. The van der Waals surface area contributed by atoms with Gasteiger partial charge in [-0.15, -0.1) is 11.3 Å². The van der Waals surface area contributed by atoms with Crippen molar-refractivity contribution in [1.82, 2.24) is 25.0 Å². The first-order valence-corrected chi connectivity index (χ1v) is 11.1. The van der Waals surface area contributed by atoms with Gasteiger partial charge in [-0.1, -0.05) is 6.92 Å². The van der Waals surface area contributed by atoms with Crippen LogP contribution in [-0.2, 0) is 25.9 Å². The van der Waals surface area contributed by atoms with Gasteiger partial charge in [0.15, 0.2) is 0 Å². The van der Waals surface area contributed by atoms with Crippen molar-refractivity contribution >= 4 is 17.2 Å². The van der Waals surface area contributed by atoms with Gasteiger partial charge in [0, 0.05) is 25.0 Å². The summed E-state index contributed by atoms with van der Waals surface area (Å²) < 4.78 is 2.00. The van der Waals surface area contributed by atoms with Crippen molar-refractivity contribution in [3.05, 3.63) is 33.5 Å². The number of piperidine rings is 1. The Labute approximate surface area is 165 Å². The third kappa shape index (κ3) is 4.41. The van der Waals surface area contributed by atoms with E-state index in [1.54, 1.807) is 17.5 Å². The van der Waals surface area contributed by atoms with Crippen molar-refractivity contribution in [2.75, 3.05) is 19.6 Å². The molecule has 2 aliphatic rings. The van der Waals surface area contributed by atoms with E-state index in [2.05, 4.69) is 32.6 Å². The first kappa shape index (κ1) is 18.6. The molecule has 146 valence electrons. The third-order valence-corrected chi connectivity index (χ3v) is 6.81. The monoisotopic (exact) mass is 387 g/mol. The van der Waals surface area contributed by atoms with Gasteiger partial charge in [-0.3, -0.25) is 14.4 Å². The van der Waals surface area contributed by atoms with E-state index in [4.69, 9.17) is 0 Å². The molecule has 2 aliphatic heterocycles. The van der Waals surface area contributed by atoms with Gasteiger partial charge in [0.1, 0.15) is 0 Å². The Bertz CT molecular complexity index is 775. The molecule has 7 heteroatoms. The first-order chi connectivity index (χ1) is 13.2. The number of nitrogens with one attached hydrogen (secondary N) is 1. The van der Waals surface area contributed by atoms with Crippen LogP contribution in [-0.4, -0.2) is 45.2 Å². The van der Waals surface area contributed by atoms with Gasteiger partial charge in [-0.2, -0.15) is 5.10 Å². The Morgan fingerprint density at radius 3 is 2.93 bits per heavy atom. The Balaban J connectivity index is 1.22. The van der Waals surface area contributed by atoms with Crippen LogP contribution in [0.3, 0.4) is 0 Å². The fraction of sp³-hybridized carbons (Fsp3) is 0.650. The van der Waals surface area contributed by atoms with Crippen LogP contribution in [0.2, 0.25) is 0 Å². The van der Waals surface area contributed by atoms with E-state index in [1.165, 1.54) is 10.7 Å². The number of hydrogen-bond acceptors (Lipinski definition) is 5. The van der Waals surface area contributed by atoms with Gasteiger partial charge >= 0.3 is 0 Å². The van der Waals surface area contributed by atoms with E-state index in [1.807, 2.05) is 4.68 Å². The molecular formula is C20H29N5OS. The Morgan fingerprint density at radius 2 is 2.15 bits per heavy atom. The molecule has 6 nitrogen and oxygen atoms in total. The number of aryl methyl sites for hydroxylation is 2. The number of amides is 1. The van der Waals surface area contributed by atoms with Gasteiger partial charge in [-0.05, 0) is 57.5 Å². The number of rotatable bonds is 6. The molecule has 0 unspecified atom stereocenters. The van der Waals surface area contributed by atoms with E-state index >= 15 is 0 Å². The van der Waals surface area contributed by atoms with Crippen molar-refractivity contribution in [2.24, 2.45) is 5.92 Å². The SMILES string of the molecule is CCc1nc(CN2CCC(CNC(=O)c3cnn4c3CCCC4)CC2)cs1. The summed E-state index contributed by atoms with van der Waals surface area (Å²) in [5.41, 5.74) is 3.10. The largest absolute Gasteiger partial charge is 0.352 e. The number of hydrogen-bond donors (Lipinski definition) is 1. The standard InChI is InChI=1S/C20H29N5OS/c1-2-19-23-16(14-27-19)13-24-9-6-15(7-10-24)11-21-20(26)17-12-22-25-8-4-3-5-18(17)25/h12,14-15H,2-11,13H2,1H3,(H,21,26). The highest BCUT2D eigenvalue weighted by molar-refractivity contribution is 7.09. The first-order valence-electron chi connectivity index (χ1n) is 10.2. The molecule has 1 fully saturated rings. The zero-order valence-corrected chi connectivity index (χ0v) is 16.9. The Hall–Kier alpha value is -1.73. The van der Waals surface area contributed by atoms with Crippen LogP contribution in [0.4, 0.5) is 0 Å². The number of likely N-dealkylation sites (tertiary alicyclic amines) is 1. The van der Waals surface area contributed by atoms with Crippen LogP contribution in [0.15, 0.2) is 11.6 Å². The van der Waals surface area contributed by atoms with Crippen molar-refractivity contribution in [1.29, 1.82) is 0 Å². The smallest absolute Gasteiger partial charge is 0.254 e. The molecule has 0 aromatic carbocycles. The predicted molar refractivity (Wildman–Crippen MR) is 107 cm³/mol. The van der Waals surface area contributed by atoms with E-state index in [0.29, 0.717) is 5.92 Å². The topological polar surface area (TPSA) is 63.1 Å². The van der Waals surface area contributed by atoms with Gasteiger partial charge in [0.25, 0.3) is 5.91 Å². The molecule has 2 aromatic rings. The third-order valence-electron chi connectivity index (χ3n) is 5.77. The summed E-state index contributed by atoms with van der Waals surface area (Å²) in [7, 11) is 0. The zero-order valence-electron chi connectivity index (χ0n) is 16.1. The lowest BCUT2D eigenvalue weighted by Crippen LogP contribution is -2.38. The number of nitrogens with zero attached hydrogens (tertiary/aromatic N) is 4. The molecule has 2 aromatic heterocycles. The molecule has 0 spiro atoms. The van der Waals surface area contributed by atoms with Crippen molar-refractivity contribution < 1.29 is 4.79 Å². The summed E-state index contributed by atoms with van der Waals surface area (Å²) in [6.07, 6.45) is 8.33. The average Bonchev–Trinajstić information content (AvgIpc) is 3.34. The summed E-state index contributed by atoms with van der Waals surface area (Å²) in [5, 5.41) is 11.0. The van der Waals surface area contributed by atoms with Gasteiger partial charge in [0.05, 0.1) is 28.2 Å². The summed E-state index contributed by atoms with van der Waals surface area (Å²) >= 11 is 1.77. The molecule has 0 bridgehead atoms. The van der Waals surface area contributed by atoms with Crippen molar-refractivity contribution in [3.8, 4) is 0 Å². The lowest BCUT2D eigenvalue weighted by atomic mass is 9.96. The fourth-order valence-corrected chi connectivity index (χ4v) is 4.84. The van der Waals surface area contributed by atoms with Gasteiger partial charge < -0.3 is 5.32 Å². The molecular weight excluding hydrogens is 358 g/mol. The maximum Gasteiger partial charge on any atom is 0.254 e. The zero-order chi connectivity index (χ0) is 18.6. The summed E-state index contributed by atoms with van der Waals surface area (Å²) in [4.78, 5) is 19.7. The molecule has 0 atom stereocenters. The Morgan fingerprint density at radius 1 is 1.30 bits per heavy atom. The number of carbonyl (C=O) groups is 1. The minimum Gasteiger partial charge on any atom is -0.352 e. The molecule has 0 saturated carbocycles. The van der Waals surface area contributed by atoms with Crippen molar-refractivity contribution in [3.63, 3.8) is 0 Å². The molecule has 1 saturated heterocycles. The fourth-order valence-electron chi connectivity index (χ4n) is 4.10. The predicted octanol–water partition coefficient (Wildman–Crippen LogP) is 2.88. The molecule has 0 aliphatic carbocycles. The Kier molecular flexibility index (Phi) is 5.88. The molecule has 4 heterocycles. The van der Waals surface area contributed by atoms with Gasteiger partial charge in [-0.25, -0.2) is 4.98 Å². The second kappa shape index (κ2) is 8.52. The molecule has 0 radical (unpaired) electrons. The molecule has 1 N–H and O–H groups in total. The summed E-state index contributed by atoms with van der Waals surface area (Å²) in [6.45, 7) is 7.00. The minimum absolute atomic E-state index is 0.0511. The number of aromatic nitrogens is 3. The van der Waals surface area contributed by atoms with Crippen LogP contribution < -0.4 is 5.32 Å². The van der Waals surface area contributed by atoms with E-state index < -0.39 is 0 Å². The van der Waals surface area contributed by atoms with Crippen LogP contribution >= 0.6 is 11.3 Å². The molecule has 27 heavy (non-hydrogen) atoms. The lowest BCUT2D eigenvalue weighted by molar-refractivity contribution is 0.0933. The van der Waals surface area contributed by atoms with E-state index in [0.717, 1.165) is 82.5 Å². The maximum atomic E-state index is 12.6. The highest BCUT2D eigenvalue weighted by atomic mass is 32.1. The second-order valence-electron chi connectivity index (χ2n) is 7.70. The van der Waals surface area contributed by atoms with Crippen LogP contribution in [0.5, 0.6) is 0 Å². The lowest BCUT2D eigenvalue weighted by Gasteiger charge is -2.31. The minimum atomic E-state index is 0.0511.